The van der Waals surface area contributed by atoms with E-state index in [0.29, 0.717) is 22.2 Å². The van der Waals surface area contributed by atoms with Gasteiger partial charge in [0.25, 0.3) is 0 Å². The van der Waals surface area contributed by atoms with Crippen molar-refractivity contribution in [2.24, 2.45) is 0 Å². The third-order valence-corrected chi connectivity index (χ3v) is 3.33. The number of nitrogens with zero attached hydrogens (tertiary/aromatic N) is 1. The van der Waals surface area contributed by atoms with Crippen LogP contribution >= 0.6 is 23.2 Å². The second-order valence-electron chi connectivity index (χ2n) is 3.92. The van der Waals surface area contributed by atoms with Gasteiger partial charge in [-0.25, -0.2) is 0 Å². The van der Waals surface area contributed by atoms with Gasteiger partial charge in [-0.3, -0.25) is 9.69 Å². The molecule has 0 aromatic heterocycles. The number of benzene rings is 1. The van der Waals surface area contributed by atoms with Crippen LogP contribution in [0.1, 0.15) is 30.6 Å². The molecule has 17 heavy (non-hydrogen) atoms. The Morgan fingerprint density at radius 2 is 1.94 bits per heavy atom. The lowest BCUT2D eigenvalue weighted by molar-refractivity contribution is 0.0934. The third kappa shape index (κ3) is 4.30. The Kier molecular flexibility index (Phi) is 5.96. The van der Waals surface area contributed by atoms with Crippen LogP contribution in [0.15, 0.2) is 18.2 Å². The van der Waals surface area contributed by atoms with E-state index < -0.39 is 0 Å². The molecule has 0 amide bonds. The molecule has 0 aliphatic carbocycles. The number of ketones is 1. The van der Waals surface area contributed by atoms with Crippen LogP contribution < -0.4 is 0 Å². The molecule has 0 N–H and O–H groups in total. The highest BCUT2D eigenvalue weighted by atomic mass is 35.5. The molecule has 0 aliphatic heterocycles. The van der Waals surface area contributed by atoms with Gasteiger partial charge in [0.1, 0.15) is 0 Å². The second kappa shape index (κ2) is 7.00. The fourth-order valence-corrected chi connectivity index (χ4v) is 1.93. The lowest BCUT2D eigenvalue weighted by atomic mass is 10.1. The quantitative estimate of drug-likeness (QED) is 0.733. The Labute approximate surface area is 113 Å². The molecule has 0 saturated heterocycles. The summed E-state index contributed by atoms with van der Waals surface area (Å²) in [6.45, 7) is 6.40. The Bertz CT molecular complexity index is 393. The minimum atomic E-state index is 0.0823. The summed E-state index contributed by atoms with van der Waals surface area (Å²) < 4.78 is 0. The molecule has 0 heterocycles. The average Bonchev–Trinajstić information content (AvgIpc) is 2.31. The predicted octanol–water partition coefficient (Wildman–Crippen LogP) is 3.91. The maximum absolute atomic E-state index is 12.0. The molecule has 94 valence electrons. The van der Waals surface area contributed by atoms with Crippen molar-refractivity contribution in [1.82, 2.24) is 4.90 Å². The Balaban J connectivity index is 2.72. The van der Waals surface area contributed by atoms with Crippen LogP contribution in [0.25, 0.3) is 0 Å². The zero-order valence-electron chi connectivity index (χ0n) is 10.2. The lowest BCUT2D eigenvalue weighted by Crippen LogP contribution is -2.30. The number of Topliss-reactive ketones (excluding diaryl/α,β-unsaturated/α-hetero) is 1. The van der Waals surface area contributed by atoms with Crippen LogP contribution in [0.5, 0.6) is 0 Å². The van der Waals surface area contributed by atoms with E-state index in [1.54, 1.807) is 18.2 Å². The fraction of sp³-hybridized carbons (Fsp3) is 0.462. The summed E-state index contributed by atoms with van der Waals surface area (Å²) in [5.74, 6) is 0.0823. The smallest absolute Gasteiger partial charge is 0.176 e. The molecule has 0 fully saturated rings. The molecule has 2 nitrogen and oxygen atoms in total. The standard InChI is InChI=1S/C13H17Cl2NO/c1-3-7-16(4-2)9-13(17)10-5-6-11(14)12(15)8-10/h5-6,8H,3-4,7,9H2,1-2H3. The number of hydrogen-bond acceptors (Lipinski definition) is 2. The summed E-state index contributed by atoms with van der Waals surface area (Å²) in [7, 11) is 0. The SMILES string of the molecule is CCCN(CC)CC(=O)c1ccc(Cl)c(Cl)c1. The molecule has 0 saturated carbocycles. The number of carbonyl (C=O) groups is 1. The van der Waals surface area contributed by atoms with Crippen molar-refractivity contribution < 1.29 is 4.79 Å². The molecule has 0 radical (unpaired) electrons. The van der Waals surface area contributed by atoms with E-state index in [1.165, 1.54) is 0 Å². The van der Waals surface area contributed by atoms with Crippen LogP contribution in [0.3, 0.4) is 0 Å². The van der Waals surface area contributed by atoms with E-state index in [-0.39, 0.29) is 5.78 Å². The maximum Gasteiger partial charge on any atom is 0.176 e. The topological polar surface area (TPSA) is 20.3 Å². The maximum atomic E-state index is 12.0. The zero-order chi connectivity index (χ0) is 12.8. The Morgan fingerprint density at radius 1 is 1.24 bits per heavy atom. The van der Waals surface area contributed by atoms with Gasteiger partial charge in [0.2, 0.25) is 0 Å². The van der Waals surface area contributed by atoms with E-state index in [0.717, 1.165) is 19.5 Å². The summed E-state index contributed by atoms with van der Waals surface area (Å²) >= 11 is 11.7. The van der Waals surface area contributed by atoms with Crippen molar-refractivity contribution >= 4 is 29.0 Å². The molecule has 4 heteroatoms. The van der Waals surface area contributed by atoms with Crippen LogP contribution in [0, 0.1) is 0 Å². The summed E-state index contributed by atoms with van der Waals surface area (Å²) in [5.41, 5.74) is 0.619. The second-order valence-corrected chi connectivity index (χ2v) is 4.74. The van der Waals surface area contributed by atoms with Crippen LogP contribution in [0.2, 0.25) is 10.0 Å². The van der Waals surface area contributed by atoms with Gasteiger partial charge in [-0.15, -0.1) is 0 Å². The van der Waals surface area contributed by atoms with E-state index >= 15 is 0 Å². The van der Waals surface area contributed by atoms with Gasteiger partial charge in [-0.1, -0.05) is 37.0 Å². The van der Waals surface area contributed by atoms with E-state index in [4.69, 9.17) is 23.2 Å². The first-order valence-electron chi connectivity index (χ1n) is 5.79. The van der Waals surface area contributed by atoms with Crippen molar-refractivity contribution in [3.63, 3.8) is 0 Å². The normalized spacial score (nSPS) is 10.9. The van der Waals surface area contributed by atoms with Crippen LogP contribution in [-0.4, -0.2) is 30.3 Å². The van der Waals surface area contributed by atoms with Gasteiger partial charge in [-0.05, 0) is 37.7 Å². The van der Waals surface area contributed by atoms with Crippen LogP contribution in [0.4, 0.5) is 0 Å². The van der Waals surface area contributed by atoms with Crippen molar-refractivity contribution in [3.05, 3.63) is 33.8 Å². The number of carbonyl (C=O) groups excluding carboxylic acids is 1. The predicted molar refractivity (Wildman–Crippen MR) is 73.2 cm³/mol. The van der Waals surface area contributed by atoms with E-state index in [1.807, 2.05) is 0 Å². The van der Waals surface area contributed by atoms with Gasteiger partial charge in [0.05, 0.1) is 16.6 Å². The van der Waals surface area contributed by atoms with Crippen molar-refractivity contribution in [1.29, 1.82) is 0 Å². The van der Waals surface area contributed by atoms with Gasteiger partial charge < -0.3 is 0 Å². The highest BCUT2D eigenvalue weighted by molar-refractivity contribution is 6.42. The average molecular weight is 274 g/mol. The van der Waals surface area contributed by atoms with Gasteiger partial charge in [0, 0.05) is 5.56 Å². The van der Waals surface area contributed by atoms with E-state index in [9.17, 15) is 4.79 Å². The summed E-state index contributed by atoms with van der Waals surface area (Å²) in [5, 5.41) is 0.903. The van der Waals surface area contributed by atoms with Gasteiger partial charge in [0.15, 0.2) is 5.78 Å². The first-order chi connectivity index (χ1) is 8.08. The molecule has 1 aromatic carbocycles. The van der Waals surface area contributed by atoms with Crippen molar-refractivity contribution in [2.75, 3.05) is 19.6 Å². The largest absolute Gasteiger partial charge is 0.296 e. The number of likely N-dealkylation sites (N-methyl/N-ethyl adjacent to an activating group) is 1. The lowest BCUT2D eigenvalue weighted by Gasteiger charge is -2.18. The Hall–Kier alpha value is -0.570. The number of hydrogen-bond donors (Lipinski definition) is 0. The van der Waals surface area contributed by atoms with Crippen molar-refractivity contribution in [2.45, 2.75) is 20.3 Å². The minimum Gasteiger partial charge on any atom is -0.296 e. The molecule has 0 aliphatic rings. The molecular formula is C13H17Cl2NO. The summed E-state index contributed by atoms with van der Waals surface area (Å²) in [4.78, 5) is 14.1. The molecule has 1 rings (SSSR count). The fourth-order valence-electron chi connectivity index (χ4n) is 1.63. The monoisotopic (exact) mass is 273 g/mol. The van der Waals surface area contributed by atoms with Crippen molar-refractivity contribution in [3.8, 4) is 0 Å². The van der Waals surface area contributed by atoms with Gasteiger partial charge in [-0.2, -0.15) is 0 Å². The summed E-state index contributed by atoms with van der Waals surface area (Å²) in [6, 6.07) is 5.01. The number of rotatable bonds is 6. The minimum absolute atomic E-state index is 0.0823. The summed E-state index contributed by atoms with van der Waals surface area (Å²) in [6.07, 6.45) is 1.04. The van der Waals surface area contributed by atoms with E-state index in [2.05, 4.69) is 18.7 Å². The molecular weight excluding hydrogens is 257 g/mol. The highest BCUT2D eigenvalue weighted by Crippen LogP contribution is 2.22. The zero-order valence-corrected chi connectivity index (χ0v) is 11.7. The first kappa shape index (κ1) is 14.5. The molecule has 0 bridgehead atoms. The molecule has 0 spiro atoms. The van der Waals surface area contributed by atoms with Gasteiger partial charge >= 0.3 is 0 Å². The third-order valence-electron chi connectivity index (χ3n) is 2.60. The number of halogens is 2. The molecule has 0 atom stereocenters. The molecule has 0 unspecified atom stereocenters. The highest BCUT2D eigenvalue weighted by Gasteiger charge is 2.11. The molecule has 1 aromatic rings. The Morgan fingerprint density at radius 3 is 2.47 bits per heavy atom. The first-order valence-corrected chi connectivity index (χ1v) is 6.54. The van der Waals surface area contributed by atoms with Crippen LogP contribution in [-0.2, 0) is 0 Å².